The molecule has 1 aliphatic heterocycles. The van der Waals surface area contributed by atoms with Gasteiger partial charge in [0.05, 0.1) is 0 Å². The monoisotopic (exact) mass is 241 g/mol. The van der Waals surface area contributed by atoms with Crippen LogP contribution in [0.1, 0.15) is 12.1 Å². The van der Waals surface area contributed by atoms with Crippen LogP contribution in [0, 0.1) is 6.92 Å². The van der Waals surface area contributed by atoms with Gasteiger partial charge >= 0.3 is 0 Å². The molecule has 1 fully saturated rings. The Morgan fingerprint density at radius 2 is 2.46 bits per heavy atom. The van der Waals surface area contributed by atoms with Crippen molar-refractivity contribution in [3.63, 3.8) is 0 Å². The Bertz CT molecular complexity index is 303. The molecular weight excluding hydrogens is 230 g/mol. The minimum Gasteiger partial charge on any atom is -0.340 e. The predicted octanol–water partition coefficient (Wildman–Crippen LogP) is 1.76. The molecule has 0 radical (unpaired) electrons. The lowest BCUT2D eigenvalue weighted by atomic mass is 10.4. The zero-order valence-electron chi connectivity index (χ0n) is 7.57. The van der Waals surface area contributed by atoms with Crippen LogP contribution in [0.5, 0.6) is 0 Å². The fraction of sp³-hybridized carbons (Fsp3) is 0.556. The Morgan fingerprint density at radius 1 is 1.62 bits per heavy atom. The zero-order chi connectivity index (χ0) is 9.26. The van der Waals surface area contributed by atoms with Crippen LogP contribution in [0.2, 0.25) is 0 Å². The highest BCUT2D eigenvalue weighted by Gasteiger charge is 2.21. The number of nitrogens with zero attached hydrogens (tertiary/aromatic N) is 3. The molecule has 0 bridgehead atoms. The van der Waals surface area contributed by atoms with Crippen LogP contribution in [0.4, 0.5) is 5.95 Å². The van der Waals surface area contributed by atoms with Crippen molar-refractivity contribution in [2.75, 3.05) is 18.0 Å². The van der Waals surface area contributed by atoms with Crippen LogP contribution >= 0.6 is 15.9 Å². The quantitative estimate of drug-likeness (QED) is 0.702. The number of anilines is 1. The van der Waals surface area contributed by atoms with Crippen molar-refractivity contribution in [2.45, 2.75) is 18.2 Å². The summed E-state index contributed by atoms with van der Waals surface area (Å²) in [4.78, 5) is 11.4. The van der Waals surface area contributed by atoms with E-state index in [1.165, 1.54) is 6.42 Å². The van der Waals surface area contributed by atoms with Crippen LogP contribution < -0.4 is 4.90 Å². The zero-order valence-corrected chi connectivity index (χ0v) is 9.16. The van der Waals surface area contributed by atoms with Gasteiger partial charge in [0, 0.05) is 29.8 Å². The summed E-state index contributed by atoms with van der Waals surface area (Å²) in [6.45, 7) is 4.07. The molecule has 70 valence electrons. The third-order valence-electron chi connectivity index (χ3n) is 2.20. The Balaban J connectivity index is 2.16. The summed E-state index contributed by atoms with van der Waals surface area (Å²) in [6, 6.07) is 1.92. The Morgan fingerprint density at radius 3 is 3.08 bits per heavy atom. The number of alkyl halides is 1. The highest BCUT2D eigenvalue weighted by Crippen LogP contribution is 2.20. The van der Waals surface area contributed by atoms with Gasteiger partial charge in [-0.25, -0.2) is 9.97 Å². The minimum absolute atomic E-state index is 0.594. The fourth-order valence-electron chi connectivity index (χ4n) is 1.49. The molecule has 1 aromatic rings. The van der Waals surface area contributed by atoms with E-state index in [1.54, 1.807) is 0 Å². The molecule has 0 aromatic carbocycles. The average molecular weight is 242 g/mol. The second-order valence-electron chi connectivity index (χ2n) is 3.33. The number of hydrogen-bond acceptors (Lipinski definition) is 3. The van der Waals surface area contributed by atoms with Gasteiger partial charge in [-0.2, -0.15) is 0 Å². The first-order valence-corrected chi connectivity index (χ1v) is 5.36. The number of hydrogen-bond donors (Lipinski definition) is 0. The SMILES string of the molecule is Cc1ccnc(N2CCC(Br)C2)n1. The topological polar surface area (TPSA) is 29.0 Å². The smallest absolute Gasteiger partial charge is 0.225 e. The number of aryl methyl sites for hydroxylation is 1. The number of aromatic nitrogens is 2. The van der Waals surface area contributed by atoms with Crippen LogP contribution in [0.3, 0.4) is 0 Å². The maximum atomic E-state index is 4.38. The molecule has 1 saturated heterocycles. The third-order valence-corrected chi connectivity index (χ3v) is 2.94. The summed E-state index contributed by atoms with van der Waals surface area (Å²) in [7, 11) is 0. The standard InChI is InChI=1S/C9H12BrN3/c1-7-2-4-11-9(12-7)13-5-3-8(10)6-13/h2,4,8H,3,5-6H2,1H3. The lowest BCUT2D eigenvalue weighted by Gasteiger charge is -2.14. The van der Waals surface area contributed by atoms with Gasteiger partial charge in [0.15, 0.2) is 0 Å². The lowest BCUT2D eigenvalue weighted by molar-refractivity contribution is 0.890. The van der Waals surface area contributed by atoms with Crippen molar-refractivity contribution in [1.82, 2.24) is 9.97 Å². The average Bonchev–Trinajstić information content (AvgIpc) is 2.52. The summed E-state index contributed by atoms with van der Waals surface area (Å²) < 4.78 is 0. The van der Waals surface area contributed by atoms with Crippen LogP contribution in [-0.4, -0.2) is 27.9 Å². The molecule has 2 rings (SSSR count). The fourth-order valence-corrected chi connectivity index (χ4v) is 2.04. The van der Waals surface area contributed by atoms with E-state index in [-0.39, 0.29) is 0 Å². The summed E-state index contributed by atoms with van der Waals surface area (Å²) in [5, 5.41) is 0. The Hall–Kier alpha value is -0.640. The number of rotatable bonds is 1. The minimum atomic E-state index is 0.594. The Labute approximate surface area is 86.3 Å². The van der Waals surface area contributed by atoms with E-state index < -0.39 is 0 Å². The Kier molecular flexibility index (Phi) is 2.49. The van der Waals surface area contributed by atoms with Gasteiger partial charge in [-0.05, 0) is 19.4 Å². The second-order valence-corrected chi connectivity index (χ2v) is 4.62. The molecule has 0 saturated carbocycles. The van der Waals surface area contributed by atoms with Gasteiger partial charge in [-0.3, -0.25) is 0 Å². The van der Waals surface area contributed by atoms with Crippen LogP contribution in [0.25, 0.3) is 0 Å². The summed E-state index contributed by atoms with van der Waals surface area (Å²) in [5.74, 6) is 0.863. The lowest BCUT2D eigenvalue weighted by Crippen LogP contribution is -2.22. The van der Waals surface area contributed by atoms with Gasteiger partial charge < -0.3 is 4.90 Å². The summed E-state index contributed by atoms with van der Waals surface area (Å²) in [6.07, 6.45) is 3.00. The molecule has 3 nitrogen and oxygen atoms in total. The molecule has 1 unspecified atom stereocenters. The molecule has 4 heteroatoms. The van der Waals surface area contributed by atoms with E-state index in [1.807, 2.05) is 19.2 Å². The van der Waals surface area contributed by atoms with Gasteiger partial charge in [0.1, 0.15) is 0 Å². The molecule has 0 aliphatic carbocycles. The molecule has 1 aromatic heterocycles. The van der Waals surface area contributed by atoms with Gasteiger partial charge in [-0.1, -0.05) is 15.9 Å². The first kappa shape index (κ1) is 8.94. The molecule has 0 N–H and O–H groups in total. The number of halogens is 1. The first-order chi connectivity index (χ1) is 6.25. The van der Waals surface area contributed by atoms with Crippen LogP contribution in [0.15, 0.2) is 12.3 Å². The van der Waals surface area contributed by atoms with Crippen molar-refractivity contribution < 1.29 is 0 Å². The molecule has 1 atom stereocenters. The van der Waals surface area contributed by atoms with E-state index in [0.29, 0.717) is 4.83 Å². The summed E-state index contributed by atoms with van der Waals surface area (Å²) >= 11 is 3.60. The van der Waals surface area contributed by atoms with Crippen LogP contribution in [-0.2, 0) is 0 Å². The van der Waals surface area contributed by atoms with Gasteiger partial charge in [-0.15, -0.1) is 0 Å². The van der Waals surface area contributed by atoms with Gasteiger partial charge in [0.25, 0.3) is 0 Å². The molecule has 0 amide bonds. The van der Waals surface area contributed by atoms with Crippen molar-refractivity contribution in [3.05, 3.63) is 18.0 Å². The largest absolute Gasteiger partial charge is 0.340 e. The van der Waals surface area contributed by atoms with Crippen molar-refractivity contribution >= 4 is 21.9 Å². The van der Waals surface area contributed by atoms with E-state index in [0.717, 1.165) is 24.7 Å². The normalized spacial score (nSPS) is 22.3. The molecular formula is C9H12BrN3. The first-order valence-electron chi connectivity index (χ1n) is 4.44. The molecule has 13 heavy (non-hydrogen) atoms. The maximum Gasteiger partial charge on any atom is 0.225 e. The van der Waals surface area contributed by atoms with Crippen molar-refractivity contribution in [3.8, 4) is 0 Å². The third kappa shape index (κ3) is 1.99. The van der Waals surface area contributed by atoms with Crippen molar-refractivity contribution in [2.24, 2.45) is 0 Å². The molecule has 1 aliphatic rings. The van der Waals surface area contributed by atoms with E-state index >= 15 is 0 Å². The van der Waals surface area contributed by atoms with E-state index in [4.69, 9.17) is 0 Å². The molecule has 2 heterocycles. The van der Waals surface area contributed by atoms with Crippen molar-refractivity contribution in [1.29, 1.82) is 0 Å². The predicted molar refractivity (Wildman–Crippen MR) is 56.3 cm³/mol. The summed E-state index contributed by atoms with van der Waals surface area (Å²) in [5.41, 5.74) is 1.03. The molecule has 0 spiro atoms. The highest BCUT2D eigenvalue weighted by atomic mass is 79.9. The van der Waals surface area contributed by atoms with E-state index in [2.05, 4.69) is 30.8 Å². The second kappa shape index (κ2) is 3.62. The van der Waals surface area contributed by atoms with Gasteiger partial charge in [0.2, 0.25) is 5.95 Å². The highest BCUT2D eigenvalue weighted by molar-refractivity contribution is 9.09. The van der Waals surface area contributed by atoms with E-state index in [9.17, 15) is 0 Å². The maximum absolute atomic E-state index is 4.38.